The number of hydrogen-bond acceptors (Lipinski definition) is 5. The highest BCUT2D eigenvalue weighted by Gasteiger charge is 2.57. The molecule has 1 N–H and O–H groups in total. The Morgan fingerprint density at radius 3 is 2.61 bits per heavy atom. The van der Waals surface area contributed by atoms with Crippen LogP contribution < -0.4 is 5.32 Å². The Morgan fingerprint density at radius 2 is 1.96 bits per heavy atom. The molecule has 2 aliphatic heterocycles. The maximum atomic E-state index is 12.8. The van der Waals surface area contributed by atoms with Gasteiger partial charge in [-0.3, -0.25) is 9.48 Å². The van der Waals surface area contributed by atoms with Crippen LogP contribution in [-0.4, -0.2) is 61.5 Å². The fraction of sp³-hybridized carbons (Fsp3) is 0.684. The molecular weight excluding hydrogens is 378 g/mol. The first-order valence-corrected chi connectivity index (χ1v) is 10.1. The zero-order valence-corrected chi connectivity index (χ0v) is 17.0. The van der Waals surface area contributed by atoms with E-state index in [1.54, 1.807) is 6.20 Å². The monoisotopic (exact) mass is 405 g/mol. The molecule has 152 valence electrons. The van der Waals surface area contributed by atoms with E-state index in [1.165, 1.54) is 0 Å². The smallest absolute Gasteiger partial charge is 0.226 e. The standard InChI is InChI=1S/C19H27N7O.ClH/c1-2-26-16(12-25-7-3-6-21-25)22-23-18(26)13-4-8-24(9-5-13)19(27)17-14-10-20-11-15(14)17;/h3,6-7,13-15,17,20H,2,4-5,8-12H2,1H3;1H/t14-,15+,17?;. The second-order valence-corrected chi connectivity index (χ2v) is 8.03. The van der Waals surface area contributed by atoms with Crippen LogP contribution in [0.2, 0.25) is 0 Å². The van der Waals surface area contributed by atoms with Crippen molar-refractivity contribution in [2.45, 2.75) is 38.8 Å². The van der Waals surface area contributed by atoms with Crippen LogP contribution in [0.4, 0.5) is 0 Å². The summed E-state index contributed by atoms with van der Waals surface area (Å²) < 4.78 is 4.10. The molecule has 5 rings (SSSR count). The lowest BCUT2D eigenvalue weighted by atomic mass is 9.95. The van der Waals surface area contributed by atoms with Crippen LogP contribution in [0.5, 0.6) is 0 Å². The van der Waals surface area contributed by atoms with Crippen molar-refractivity contribution >= 4 is 18.3 Å². The number of nitrogens with one attached hydrogen (secondary N) is 1. The van der Waals surface area contributed by atoms with E-state index >= 15 is 0 Å². The predicted octanol–water partition coefficient (Wildman–Crippen LogP) is 1.14. The molecular formula is C19H28ClN7O. The lowest BCUT2D eigenvalue weighted by Crippen LogP contribution is -2.40. The van der Waals surface area contributed by atoms with E-state index in [9.17, 15) is 4.79 Å². The molecule has 9 heteroatoms. The zero-order chi connectivity index (χ0) is 18.4. The van der Waals surface area contributed by atoms with Crippen LogP contribution in [-0.2, 0) is 17.9 Å². The molecule has 0 radical (unpaired) electrons. The summed E-state index contributed by atoms with van der Waals surface area (Å²) in [4.78, 5) is 14.9. The molecule has 28 heavy (non-hydrogen) atoms. The fourth-order valence-corrected chi connectivity index (χ4v) is 5.01. The molecule has 0 aromatic carbocycles. The lowest BCUT2D eigenvalue weighted by Gasteiger charge is -2.32. The highest BCUT2D eigenvalue weighted by Crippen LogP contribution is 2.50. The van der Waals surface area contributed by atoms with Crippen LogP contribution in [0.1, 0.15) is 37.3 Å². The molecule has 3 aliphatic rings. The summed E-state index contributed by atoms with van der Waals surface area (Å²) in [6.45, 7) is 7.38. The number of halogens is 1. The van der Waals surface area contributed by atoms with E-state index in [-0.39, 0.29) is 12.4 Å². The first kappa shape index (κ1) is 19.4. The minimum atomic E-state index is 0. The summed E-state index contributed by atoms with van der Waals surface area (Å²) in [5.74, 6) is 4.29. The van der Waals surface area contributed by atoms with Crippen LogP contribution >= 0.6 is 12.4 Å². The van der Waals surface area contributed by atoms with Crippen LogP contribution in [0.3, 0.4) is 0 Å². The molecule has 3 fully saturated rings. The maximum absolute atomic E-state index is 12.8. The van der Waals surface area contributed by atoms with Crippen molar-refractivity contribution < 1.29 is 4.79 Å². The Morgan fingerprint density at radius 1 is 1.21 bits per heavy atom. The van der Waals surface area contributed by atoms with E-state index in [4.69, 9.17) is 0 Å². The van der Waals surface area contributed by atoms with Gasteiger partial charge in [0.25, 0.3) is 0 Å². The van der Waals surface area contributed by atoms with Crippen molar-refractivity contribution in [3.8, 4) is 0 Å². The zero-order valence-electron chi connectivity index (χ0n) is 16.2. The van der Waals surface area contributed by atoms with Gasteiger partial charge in [-0.1, -0.05) is 0 Å². The van der Waals surface area contributed by atoms with E-state index in [2.05, 4.69) is 37.0 Å². The van der Waals surface area contributed by atoms with Crippen molar-refractivity contribution in [3.05, 3.63) is 30.1 Å². The molecule has 8 nitrogen and oxygen atoms in total. The van der Waals surface area contributed by atoms with E-state index in [0.717, 1.165) is 57.2 Å². The summed E-state index contributed by atoms with van der Waals surface area (Å²) >= 11 is 0. The highest BCUT2D eigenvalue weighted by molar-refractivity contribution is 5.85. The molecule has 1 saturated carbocycles. The predicted molar refractivity (Wildman–Crippen MR) is 106 cm³/mol. The summed E-state index contributed by atoms with van der Waals surface area (Å²) in [5.41, 5.74) is 0. The van der Waals surface area contributed by atoms with E-state index < -0.39 is 0 Å². The van der Waals surface area contributed by atoms with Crippen molar-refractivity contribution in [1.82, 2.24) is 34.8 Å². The molecule has 1 amide bonds. The maximum Gasteiger partial charge on any atom is 0.226 e. The number of carbonyl (C=O) groups is 1. The van der Waals surface area contributed by atoms with Gasteiger partial charge in [-0.25, -0.2) is 0 Å². The summed E-state index contributed by atoms with van der Waals surface area (Å²) in [5, 5.41) is 16.6. The molecule has 3 atom stereocenters. The van der Waals surface area contributed by atoms with Gasteiger partial charge in [-0.2, -0.15) is 5.10 Å². The molecule has 2 aromatic rings. The van der Waals surface area contributed by atoms with Crippen molar-refractivity contribution in [3.63, 3.8) is 0 Å². The summed E-state index contributed by atoms with van der Waals surface area (Å²) in [6.07, 6.45) is 5.68. The van der Waals surface area contributed by atoms with Gasteiger partial charge in [0.1, 0.15) is 12.4 Å². The third kappa shape index (κ3) is 3.33. The van der Waals surface area contributed by atoms with Crippen LogP contribution in [0, 0.1) is 17.8 Å². The van der Waals surface area contributed by atoms with Crippen LogP contribution in [0.15, 0.2) is 18.5 Å². The summed E-state index contributed by atoms with van der Waals surface area (Å²) in [7, 11) is 0. The second-order valence-electron chi connectivity index (χ2n) is 8.03. The number of hydrogen-bond donors (Lipinski definition) is 1. The number of likely N-dealkylation sites (tertiary alicyclic amines) is 1. The van der Waals surface area contributed by atoms with Crippen molar-refractivity contribution in [1.29, 1.82) is 0 Å². The SMILES string of the molecule is CCn1c(Cn2cccn2)nnc1C1CCN(C(=O)C2[C@H]3CNC[C@@H]23)CC1.Cl. The number of nitrogens with zero attached hydrogens (tertiary/aromatic N) is 6. The van der Waals surface area contributed by atoms with Crippen LogP contribution in [0.25, 0.3) is 0 Å². The number of piperidine rings is 2. The average Bonchev–Trinajstić information content (AvgIpc) is 3.19. The Hall–Kier alpha value is -1.93. The van der Waals surface area contributed by atoms with Gasteiger partial charge in [0, 0.05) is 43.9 Å². The first-order valence-electron chi connectivity index (χ1n) is 10.1. The van der Waals surface area contributed by atoms with Gasteiger partial charge < -0.3 is 14.8 Å². The largest absolute Gasteiger partial charge is 0.342 e. The number of fused-ring (bicyclic) bond motifs is 1. The molecule has 2 aromatic heterocycles. The second kappa shape index (κ2) is 7.83. The molecule has 2 saturated heterocycles. The number of aromatic nitrogens is 5. The quantitative estimate of drug-likeness (QED) is 0.806. The molecule has 1 aliphatic carbocycles. The molecule has 1 unspecified atom stereocenters. The van der Waals surface area contributed by atoms with Gasteiger partial charge in [0.2, 0.25) is 5.91 Å². The Labute approximate surface area is 171 Å². The van der Waals surface area contributed by atoms with Crippen molar-refractivity contribution in [2.24, 2.45) is 17.8 Å². The number of amides is 1. The minimum Gasteiger partial charge on any atom is -0.342 e. The normalized spacial score (nSPS) is 26.8. The number of rotatable bonds is 5. The topological polar surface area (TPSA) is 80.9 Å². The summed E-state index contributed by atoms with van der Waals surface area (Å²) in [6, 6.07) is 1.92. The third-order valence-corrected chi connectivity index (χ3v) is 6.58. The Bertz CT molecular complexity index is 802. The van der Waals surface area contributed by atoms with Gasteiger partial charge in [0.05, 0.1) is 0 Å². The highest BCUT2D eigenvalue weighted by atomic mass is 35.5. The lowest BCUT2D eigenvalue weighted by molar-refractivity contribution is -0.134. The molecule has 4 heterocycles. The number of carbonyl (C=O) groups excluding carboxylic acids is 1. The van der Waals surface area contributed by atoms with Gasteiger partial charge in [-0.15, -0.1) is 22.6 Å². The van der Waals surface area contributed by atoms with Gasteiger partial charge in [0.15, 0.2) is 5.82 Å². The van der Waals surface area contributed by atoms with Crippen molar-refractivity contribution in [2.75, 3.05) is 26.2 Å². The minimum absolute atomic E-state index is 0. The third-order valence-electron chi connectivity index (χ3n) is 6.58. The fourth-order valence-electron chi connectivity index (χ4n) is 5.01. The van der Waals surface area contributed by atoms with E-state index in [0.29, 0.717) is 36.1 Å². The Kier molecular flexibility index (Phi) is 5.42. The molecule has 0 bridgehead atoms. The first-order chi connectivity index (χ1) is 13.3. The van der Waals surface area contributed by atoms with Gasteiger partial charge >= 0.3 is 0 Å². The molecule has 0 spiro atoms. The Balaban J connectivity index is 0.00000192. The average molecular weight is 406 g/mol. The van der Waals surface area contributed by atoms with Gasteiger partial charge in [-0.05, 0) is 50.8 Å². The van der Waals surface area contributed by atoms with E-state index in [1.807, 2.05) is 16.9 Å².